The third-order valence-electron chi connectivity index (χ3n) is 3.33. The van der Waals surface area contributed by atoms with Crippen LogP contribution >= 0.6 is 0 Å². The third kappa shape index (κ3) is 3.63. The van der Waals surface area contributed by atoms with Gasteiger partial charge in [-0.1, -0.05) is 0 Å². The molecule has 1 amide bonds. The Balaban J connectivity index is 2.08. The van der Waals surface area contributed by atoms with Crippen molar-refractivity contribution in [3.63, 3.8) is 0 Å². The van der Waals surface area contributed by atoms with Crippen molar-refractivity contribution in [1.82, 2.24) is 5.48 Å². The highest BCUT2D eigenvalue weighted by Gasteiger charge is 2.19. The number of ether oxygens (including phenoxy) is 2. The molecule has 1 N–H and O–H groups in total. The van der Waals surface area contributed by atoms with Crippen molar-refractivity contribution in [2.45, 2.75) is 38.7 Å². The Morgan fingerprint density at radius 2 is 2.05 bits per heavy atom. The molecule has 1 aromatic carbocycles. The van der Waals surface area contributed by atoms with Crippen LogP contribution < -0.4 is 15.0 Å². The first-order chi connectivity index (χ1) is 9.74. The van der Waals surface area contributed by atoms with Crippen molar-refractivity contribution in [3.05, 3.63) is 23.8 Å². The predicted molar refractivity (Wildman–Crippen MR) is 75.0 cm³/mol. The molecule has 0 aromatic heterocycles. The average Bonchev–Trinajstić information content (AvgIpc) is 2.98. The summed E-state index contributed by atoms with van der Waals surface area (Å²) in [7, 11) is 1.57. The van der Waals surface area contributed by atoms with Crippen molar-refractivity contribution < 1.29 is 19.1 Å². The number of benzene rings is 1. The fourth-order valence-electron chi connectivity index (χ4n) is 2.29. The molecule has 0 radical (unpaired) electrons. The first kappa shape index (κ1) is 14.7. The summed E-state index contributed by atoms with van der Waals surface area (Å²) >= 11 is 0. The molecule has 0 spiro atoms. The minimum atomic E-state index is -0.294. The Morgan fingerprint density at radius 3 is 2.70 bits per heavy atom. The second-order valence-electron chi connectivity index (χ2n) is 4.75. The van der Waals surface area contributed by atoms with Crippen LogP contribution in [0.1, 0.15) is 43.0 Å². The summed E-state index contributed by atoms with van der Waals surface area (Å²) in [6.07, 6.45) is 4.83. The van der Waals surface area contributed by atoms with Crippen molar-refractivity contribution in [3.8, 4) is 11.5 Å². The minimum absolute atomic E-state index is 0.256. The van der Waals surface area contributed by atoms with Crippen molar-refractivity contribution in [2.24, 2.45) is 0 Å². The Morgan fingerprint density at radius 1 is 1.30 bits per heavy atom. The number of nitrogens with one attached hydrogen (secondary N) is 1. The van der Waals surface area contributed by atoms with Gasteiger partial charge in [-0.15, -0.1) is 0 Å². The first-order valence-corrected chi connectivity index (χ1v) is 7.01. The van der Waals surface area contributed by atoms with Crippen LogP contribution in [0.15, 0.2) is 18.2 Å². The van der Waals surface area contributed by atoms with Crippen LogP contribution in [0.2, 0.25) is 0 Å². The Labute approximate surface area is 119 Å². The lowest BCUT2D eigenvalue weighted by molar-refractivity contribution is 0.0364. The molecular formula is C15H21NO4. The molecule has 0 aliphatic heterocycles. The second kappa shape index (κ2) is 7.14. The molecule has 1 saturated carbocycles. The van der Waals surface area contributed by atoms with E-state index in [1.807, 2.05) is 0 Å². The standard InChI is InChI=1S/C15H21NO4/c1-3-19-16-15(17)11-8-9-13(14(10-11)18-2)20-12-6-4-5-7-12/h8-10,12H,3-7H2,1-2H3,(H,16,17). The lowest BCUT2D eigenvalue weighted by atomic mass is 10.2. The average molecular weight is 279 g/mol. The smallest absolute Gasteiger partial charge is 0.274 e. The molecule has 0 unspecified atom stereocenters. The summed E-state index contributed by atoms with van der Waals surface area (Å²) in [5, 5.41) is 0. The zero-order valence-corrected chi connectivity index (χ0v) is 12.0. The molecule has 110 valence electrons. The van der Waals surface area contributed by atoms with E-state index >= 15 is 0 Å². The van der Waals surface area contributed by atoms with Crippen molar-refractivity contribution in [2.75, 3.05) is 13.7 Å². The van der Waals surface area contributed by atoms with E-state index in [1.165, 1.54) is 12.8 Å². The molecule has 5 nitrogen and oxygen atoms in total. The van der Waals surface area contributed by atoms with Gasteiger partial charge in [0.05, 0.1) is 19.8 Å². The molecular weight excluding hydrogens is 258 g/mol. The van der Waals surface area contributed by atoms with E-state index < -0.39 is 0 Å². The maximum absolute atomic E-state index is 11.8. The number of carbonyl (C=O) groups excluding carboxylic acids is 1. The van der Waals surface area contributed by atoms with Crippen LogP contribution in [-0.2, 0) is 4.84 Å². The van der Waals surface area contributed by atoms with Crippen LogP contribution in [0.4, 0.5) is 0 Å². The summed E-state index contributed by atoms with van der Waals surface area (Å²) in [6.45, 7) is 2.23. The third-order valence-corrected chi connectivity index (χ3v) is 3.33. The number of carbonyl (C=O) groups is 1. The van der Waals surface area contributed by atoms with E-state index in [1.54, 1.807) is 32.2 Å². The second-order valence-corrected chi connectivity index (χ2v) is 4.75. The quantitative estimate of drug-likeness (QED) is 0.813. The van der Waals surface area contributed by atoms with Crippen LogP contribution in [0.5, 0.6) is 11.5 Å². The number of rotatable bonds is 6. The number of hydrogen-bond acceptors (Lipinski definition) is 4. The topological polar surface area (TPSA) is 56.8 Å². The molecule has 1 fully saturated rings. The van der Waals surface area contributed by atoms with Gasteiger partial charge in [-0.2, -0.15) is 0 Å². The number of amides is 1. The van der Waals surface area contributed by atoms with Crippen LogP contribution in [-0.4, -0.2) is 25.7 Å². The van der Waals surface area contributed by atoms with Crippen LogP contribution in [0, 0.1) is 0 Å². The van der Waals surface area contributed by atoms with Gasteiger partial charge in [0, 0.05) is 5.56 Å². The van der Waals surface area contributed by atoms with E-state index in [4.69, 9.17) is 14.3 Å². The fraction of sp³-hybridized carbons (Fsp3) is 0.533. The Kier molecular flexibility index (Phi) is 5.24. The lowest BCUT2D eigenvalue weighted by Gasteiger charge is -2.16. The number of methoxy groups -OCH3 is 1. The maximum Gasteiger partial charge on any atom is 0.274 e. The van der Waals surface area contributed by atoms with Gasteiger partial charge in [0.1, 0.15) is 0 Å². The molecule has 20 heavy (non-hydrogen) atoms. The predicted octanol–water partition coefficient (Wildman–Crippen LogP) is 2.70. The highest BCUT2D eigenvalue weighted by molar-refractivity contribution is 5.94. The lowest BCUT2D eigenvalue weighted by Crippen LogP contribution is -2.23. The molecule has 2 rings (SSSR count). The molecule has 5 heteroatoms. The first-order valence-electron chi connectivity index (χ1n) is 7.01. The molecule has 0 bridgehead atoms. The normalized spacial score (nSPS) is 15.1. The highest BCUT2D eigenvalue weighted by Crippen LogP contribution is 2.32. The van der Waals surface area contributed by atoms with Crippen molar-refractivity contribution >= 4 is 5.91 Å². The van der Waals surface area contributed by atoms with Gasteiger partial charge in [-0.05, 0) is 50.8 Å². The summed E-state index contributed by atoms with van der Waals surface area (Å²) in [5.41, 5.74) is 2.84. The van der Waals surface area contributed by atoms with Gasteiger partial charge in [-0.25, -0.2) is 5.48 Å². The summed E-state index contributed by atoms with van der Waals surface area (Å²) < 4.78 is 11.2. The molecule has 0 heterocycles. The maximum atomic E-state index is 11.8. The summed E-state index contributed by atoms with van der Waals surface area (Å²) in [6, 6.07) is 5.15. The molecule has 1 aliphatic carbocycles. The number of hydrogen-bond donors (Lipinski definition) is 1. The van der Waals surface area contributed by atoms with Gasteiger partial charge in [0.25, 0.3) is 5.91 Å². The van der Waals surface area contributed by atoms with E-state index in [9.17, 15) is 4.79 Å². The summed E-state index contributed by atoms with van der Waals surface area (Å²) in [5.74, 6) is 0.964. The van der Waals surface area contributed by atoms with Crippen LogP contribution in [0.3, 0.4) is 0 Å². The van der Waals surface area contributed by atoms with Crippen LogP contribution in [0.25, 0.3) is 0 Å². The Hall–Kier alpha value is -1.75. The van der Waals surface area contributed by atoms with Gasteiger partial charge in [-0.3, -0.25) is 9.63 Å². The zero-order valence-electron chi connectivity index (χ0n) is 12.0. The molecule has 1 aromatic rings. The monoisotopic (exact) mass is 279 g/mol. The van der Waals surface area contributed by atoms with E-state index in [-0.39, 0.29) is 12.0 Å². The van der Waals surface area contributed by atoms with E-state index in [0.717, 1.165) is 12.8 Å². The van der Waals surface area contributed by atoms with Gasteiger partial charge in [0.2, 0.25) is 0 Å². The minimum Gasteiger partial charge on any atom is -0.493 e. The number of hydroxylamine groups is 1. The van der Waals surface area contributed by atoms with Gasteiger partial charge in [0.15, 0.2) is 11.5 Å². The molecule has 0 saturated heterocycles. The van der Waals surface area contributed by atoms with E-state index in [2.05, 4.69) is 5.48 Å². The van der Waals surface area contributed by atoms with E-state index in [0.29, 0.717) is 23.7 Å². The van der Waals surface area contributed by atoms with Crippen molar-refractivity contribution in [1.29, 1.82) is 0 Å². The molecule has 0 atom stereocenters. The summed E-state index contributed by atoms with van der Waals surface area (Å²) in [4.78, 5) is 16.7. The zero-order chi connectivity index (χ0) is 14.4. The van der Waals surface area contributed by atoms with Gasteiger partial charge >= 0.3 is 0 Å². The Bertz CT molecular complexity index is 455. The van der Waals surface area contributed by atoms with Gasteiger partial charge < -0.3 is 9.47 Å². The highest BCUT2D eigenvalue weighted by atomic mass is 16.6. The molecule has 1 aliphatic rings. The largest absolute Gasteiger partial charge is 0.493 e. The fourth-order valence-corrected chi connectivity index (χ4v) is 2.29. The SMILES string of the molecule is CCONC(=O)c1ccc(OC2CCCC2)c(OC)c1.